The standard InChI is InChI=1S/C13H27N3O/c1-12(2,3)16-11(17)15-10-13(9-14)7-5-4-6-8-13/h4-10,14H2,1-3H3,(H2,15,16,17). The van der Waals surface area contributed by atoms with Crippen LogP contribution in [0.5, 0.6) is 0 Å². The zero-order valence-corrected chi connectivity index (χ0v) is 11.4. The molecular weight excluding hydrogens is 214 g/mol. The minimum Gasteiger partial charge on any atom is -0.338 e. The number of hydrogen-bond acceptors (Lipinski definition) is 2. The summed E-state index contributed by atoms with van der Waals surface area (Å²) in [6.07, 6.45) is 6.05. The van der Waals surface area contributed by atoms with Crippen molar-refractivity contribution in [2.24, 2.45) is 11.1 Å². The van der Waals surface area contributed by atoms with E-state index in [1.807, 2.05) is 20.8 Å². The van der Waals surface area contributed by atoms with E-state index < -0.39 is 0 Å². The molecule has 0 saturated heterocycles. The van der Waals surface area contributed by atoms with Crippen molar-refractivity contribution >= 4 is 6.03 Å². The number of carbonyl (C=O) groups is 1. The van der Waals surface area contributed by atoms with Crippen molar-refractivity contribution in [3.05, 3.63) is 0 Å². The first-order valence-electron chi connectivity index (χ1n) is 6.63. The Kier molecular flexibility index (Phi) is 4.80. The molecule has 0 spiro atoms. The third-order valence-corrected chi connectivity index (χ3v) is 3.46. The van der Waals surface area contributed by atoms with E-state index in [0.29, 0.717) is 13.1 Å². The molecule has 0 unspecified atom stereocenters. The molecule has 1 aliphatic rings. The van der Waals surface area contributed by atoms with Crippen molar-refractivity contribution in [1.29, 1.82) is 0 Å². The van der Waals surface area contributed by atoms with Crippen LogP contribution in [0.4, 0.5) is 4.79 Å². The summed E-state index contributed by atoms with van der Waals surface area (Å²) in [4.78, 5) is 11.7. The van der Waals surface area contributed by atoms with E-state index in [2.05, 4.69) is 10.6 Å². The zero-order valence-electron chi connectivity index (χ0n) is 11.4. The smallest absolute Gasteiger partial charge is 0.315 e. The Hall–Kier alpha value is -0.770. The average molecular weight is 241 g/mol. The molecule has 0 radical (unpaired) electrons. The van der Waals surface area contributed by atoms with Crippen LogP contribution in [0.15, 0.2) is 0 Å². The summed E-state index contributed by atoms with van der Waals surface area (Å²) in [6.45, 7) is 7.30. The summed E-state index contributed by atoms with van der Waals surface area (Å²) < 4.78 is 0. The molecular formula is C13H27N3O. The van der Waals surface area contributed by atoms with E-state index in [-0.39, 0.29) is 17.0 Å². The van der Waals surface area contributed by atoms with Gasteiger partial charge in [-0.3, -0.25) is 0 Å². The molecule has 100 valence electrons. The number of amides is 2. The summed E-state index contributed by atoms with van der Waals surface area (Å²) in [7, 11) is 0. The van der Waals surface area contributed by atoms with Gasteiger partial charge in [0.25, 0.3) is 0 Å². The van der Waals surface area contributed by atoms with Crippen LogP contribution in [0.3, 0.4) is 0 Å². The number of nitrogens with two attached hydrogens (primary N) is 1. The van der Waals surface area contributed by atoms with Gasteiger partial charge in [-0.05, 0) is 40.2 Å². The molecule has 0 aromatic rings. The molecule has 1 aliphatic carbocycles. The highest BCUT2D eigenvalue weighted by atomic mass is 16.2. The van der Waals surface area contributed by atoms with Crippen LogP contribution < -0.4 is 16.4 Å². The fourth-order valence-electron chi connectivity index (χ4n) is 2.41. The Bertz CT molecular complexity index is 252. The summed E-state index contributed by atoms with van der Waals surface area (Å²) in [5.74, 6) is 0. The number of carbonyl (C=O) groups excluding carboxylic acids is 1. The van der Waals surface area contributed by atoms with E-state index in [1.165, 1.54) is 19.3 Å². The summed E-state index contributed by atoms with van der Waals surface area (Å²) in [5, 5.41) is 5.88. The van der Waals surface area contributed by atoms with Gasteiger partial charge in [0.1, 0.15) is 0 Å². The van der Waals surface area contributed by atoms with Gasteiger partial charge >= 0.3 is 6.03 Å². The van der Waals surface area contributed by atoms with E-state index in [0.717, 1.165) is 12.8 Å². The quantitative estimate of drug-likeness (QED) is 0.707. The second-order valence-electron chi connectivity index (χ2n) is 6.32. The van der Waals surface area contributed by atoms with Gasteiger partial charge in [0.2, 0.25) is 0 Å². The van der Waals surface area contributed by atoms with Crippen molar-refractivity contribution in [3.63, 3.8) is 0 Å². The number of rotatable bonds is 3. The average Bonchev–Trinajstić information content (AvgIpc) is 2.25. The fourth-order valence-corrected chi connectivity index (χ4v) is 2.41. The summed E-state index contributed by atoms with van der Waals surface area (Å²) in [5.41, 5.74) is 5.82. The maximum absolute atomic E-state index is 11.7. The predicted molar refractivity (Wildman–Crippen MR) is 70.9 cm³/mol. The van der Waals surface area contributed by atoms with Crippen LogP contribution >= 0.6 is 0 Å². The van der Waals surface area contributed by atoms with Crippen LogP contribution in [0, 0.1) is 5.41 Å². The van der Waals surface area contributed by atoms with Gasteiger partial charge in [0.15, 0.2) is 0 Å². The van der Waals surface area contributed by atoms with E-state index in [1.54, 1.807) is 0 Å². The monoisotopic (exact) mass is 241 g/mol. The van der Waals surface area contributed by atoms with Crippen LogP contribution in [0.1, 0.15) is 52.9 Å². The van der Waals surface area contributed by atoms with Crippen molar-refractivity contribution in [2.75, 3.05) is 13.1 Å². The molecule has 0 aliphatic heterocycles. The lowest BCUT2D eigenvalue weighted by atomic mass is 9.74. The first kappa shape index (κ1) is 14.3. The molecule has 4 nitrogen and oxygen atoms in total. The van der Waals surface area contributed by atoms with Crippen molar-refractivity contribution in [2.45, 2.75) is 58.4 Å². The minimum atomic E-state index is -0.188. The second-order valence-corrected chi connectivity index (χ2v) is 6.32. The molecule has 0 heterocycles. The molecule has 0 aromatic heterocycles. The van der Waals surface area contributed by atoms with Crippen LogP contribution in [-0.4, -0.2) is 24.7 Å². The van der Waals surface area contributed by atoms with Crippen molar-refractivity contribution < 1.29 is 4.79 Å². The molecule has 0 aromatic carbocycles. The molecule has 1 rings (SSSR count). The maximum atomic E-state index is 11.7. The van der Waals surface area contributed by atoms with Gasteiger partial charge in [-0.1, -0.05) is 19.3 Å². The Labute approximate surface area is 105 Å². The molecule has 4 heteroatoms. The zero-order chi connectivity index (χ0) is 12.9. The number of hydrogen-bond donors (Lipinski definition) is 3. The van der Waals surface area contributed by atoms with Crippen molar-refractivity contribution in [1.82, 2.24) is 10.6 Å². The SMILES string of the molecule is CC(C)(C)NC(=O)NCC1(CN)CCCCC1. The minimum absolute atomic E-state index is 0.0871. The maximum Gasteiger partial charge on any atom is 0.315 e. The lowest BCUT2D eigenvalue weighted by Crippen LogP contribution is -2.51. The lowest BCUT2D eigenvalue weighted by Gasteiger charge is -2.36. The summed E-state index contributed by atoms with van der Waals surface area (Å²) in [6, 6.07) is -0.0871. The first-order chi connectivity index (χ1) is 7.87. The number of urea groups is 1. The molecule has 1 saturated carbocycles. The highest BCUT2D eigenvalue weighted by Gasteiger charge is 2.31. The largest absolute Gasteiger partial charge is 0.338 e. The Morgan fingerprint density at radius 2 is 1.82 bits per heavy atom. The topological polar surface area (TPSA) is 67.2 Å². The number of nitrogens with one attached hydrogen (secondary N) is 2. The summed E-state index contributed by atoms with van der Waals surface area (Å²) >= 11 is 0. The molecule has 17 heavy (non-hydrogen) atoms. The van der Waals surface area contributed by atoms with Crippen LogP contribution in [0.2, 0.25) is 0 Å². The van der Waals surface area contributed by atoms with Gasteiger partial charge in [-0.15, -0.1) is 0 Å². The Morgan fingerprint density at radius 1 is 1.24 bits per heavy atom. The normalized spacial score (nSPS) is 19.8. The fraction of sp³-hybridized carbons (Fsp3) is 0.923. The molecule has 1 fully saturated rings. The predicted octanol–water partition coefficient (Wildman–Crippen LogP) is 1.99. The van der Waals surface area contributed by atoms with Gasteiger partial charge in [0, 0.05) is 17.5 Å². The molecule has 4 N–H and O–H groups in total. The Balaban J connectivity index is 2.39. The van der Waals surface area contributed by atoms with E-state index in [4.69, 9.17) is 5.73 Å². The van der Waals surface area contributed by atoms with E-state index in [9.17, 15) is 4.79 Å². The second kappa shape index (κ2) is 5.71. The third-order valence-electron chi connectivity index (χ3n) is 3.46. The van der Waals surface area contributed by atoms with Gasteiger partial charge < -0.3 is 16.4 Å². The first-order valence-corrected chi connectivity index (χ1v) is 6.63. The van der Waals surface area contributed by atoms with Crippen LogP contribution in [0.25, 0.3) is 0 Å². The van der Waals surface area contributed by atoms with Gasteiger partial charge in [-0.2, -0.15) is 0 Å². The van der Waals surface area contributed by atoms with E-state index >= 15 is 0 Å². The van der Waals surface area contributed by atoms with Crippen molar-refractivity contribution in [3.8, 4) is 0 Å². The van der Waals surface area contributed by atoms with Crippen LogP contribution in [-0.2, 0) is 0 Å². The Morgan fingerprint density at radius 3 is 2.29 bits per heavy atom. The highest BCUT2D eigenvalue weighted by molar-refractivity contribution is 5.74. The lowest BCUT2D eigenvalue weighted by molar-refractivity contribution is 0.184. The molecule has 0 atom stereocenters. The third kappa shape index (κ3) is 4.94. The highest BCUT2D eigenvalue weighted by Crippen LogP contribution is 2.34. The molecule has 0 bridgehead atoms. The molecule has 2 amide bonds. The van der Waals surface area contributed by atoms with Gasteiger partial charge in [-0.25, -0.2) is 4.79 Å². The van der Waals surface area contributed by atoms with Gasteiger partial charge in [0.05, 0.1) is 0 Å².